The van der Waals surface area contributed by atoms with Crippen molar-refractivity contribution in [1.29, 1.82) is 0 Å². The molecule has 46 valence electrons. The van der Waals surface area contributed by atoms with Gasteiger partial charge in [0.1, 0.15) is 0 Å². The molecule has 0 bridgehead atoms. The zero-order chi connectivity index (χ0) is 6.78. The SMILES string of the molecule is CC(C)(C)O[C](=O)[Bi]. The summed E-state index contributed by atoms with van der Waals surface area (Å²) in [5.74, 6) is 0. The van der Waals surface area contributed by atoms with E-state index < -0.39 is 0 Å². The third kappa shape index (κ3) is 6.35. The second-order valence-electron chi connectivity index (χ2n) is 2.48. The van der Waals surface area contributed by atoms with Crippen LogP contribution >= 0.6 is 0 Å². The molecule has 0 amide bonds. The number of hydrogen-bond acceptors (Lipinski definition) is 2. The van der Waals surface area contributed by atoms with Gasteiger partial charge in [0.25, 0.3) is 0 Å². The van der Waals surface area contributed by atoms with Crippen LogP contribution in [0.1, 0.15) is 20.8 Å². The van der Waals surface area contributed by atoms with Gasteiger partial charge in [-0.05, 0) is 0 Å². The summed E-state index contributed by atoms with van der Waals surface area (Å²) >= 11 is 0.673. The van der Waals surface area contributed by atoms with E-state index in [1.165, 1.54) is 0 Å². The van der Waals surface area contributed by atoms with Gasteiger partial charge in [-0.1, -0.05) is 0 Å². The second kappa shape index (κ2) is 2.77. The molecule has 0 rings (SSSR count). The first kappa shape index (κ1) is 8.35. The van der Waals surface area contributed by atoms with Gasteiger partial charge < -0.3 is 0 Å². The first-order chi connectivity index (χ1) is 3.42. The Kier molecular flexibility index (Phi) is 2.89. The normalized spacial score (nSPS) is 11.0. The fourth-order valence-corrected chi connectivity index (χ4v) is 1.33. The van der Waals surface area contributed by atoms with Crippen LogP contribution in [-0.2, 0) is 4.74 Å². The van der Waals surface area contributed by atoms with Crippen LogP contribution in [0.25, 0.3) is 0 Å². The van der Waals surface area contributed by atoms with E-state index in [0.29, 0.717) is 24.7 Å². The zero-order valence-corrected chi connectivity index (χ0v) is 8.74. The molecule has 0 saturated heterocycles. The predicted octanol–water partition coefficient (Wildman–Crippen LogP) is 1.09. The third-order valence-electron chi connectivity index (χ3n) is 0.393. The molecule has 8 heavy (non-hydrogen) atoms. The summed E-state index contributed by atoms with van der Waals surface area (Å²) in [5.41, 5.74) is -0.300. The van der Waals surface area contributed by atoms with Crippen LogP contribution in [0.3, 0.4) is 0 Å². The van der Waals surface area contributed by atoms with E-state index in [0.717, 1.165) is 0 Å². The Labute approximate surface area is 64.4 Å². The third-order valence-corrected chi connectivity index (χ3v) is 0.748. The standard InChI is InChI=1S/C5H9O2.Bi/c1-5(2,3)7-4-6;/h1-3H3;. The Balaban J connectivity index is 3.55. The molecule has 0 N–H and O–H groups in total. The van der Waals surface area contributed by atoms with Crippen LogP contribution in [0.4, 0.5) is 4.79 Å². The van der Waals surface area contributed by atoms with Crippen molar-refractivity contribution < 1.29 is 9.53 Å². The van der Waals surface area contributed by atoms with E-state index in [1.54, 1.807) is 0 Å². The van der Waals surface area contributed by atoms with Gasteiger partial charge in [-0.15, -0.1) is 0 Å². The molecule has 3 heteroatoms. The molecule has 0 unspecified atom stereocenters. The molecule has 0 aliphatic rings. The topological polar surface area (TPSA) is 26.3 Å². The van der Waals surface area contributed by atoms with Gasteiger partial charge in [0.15, 0.2) is 0 Å². The van der Waals surface area contributed by atoms with Crippen molar-refractivity contribution in [3.8, 4) is 0 Å². The fraction of sp³-hybridized carbons (Fsp3) is 0.800. The fourth-order valence-electron chi connectivity index (χ4n) is 0.262. The van der Waals surface area contributed by atoms with Gasteiger partial charge in [-0.25, -0.2) is 0 Å². The molecular weight excluding hydrogens is 301 g/mol. The second-order valence-corrected chi connectivity index (χ2v) is 3.90. The number of rotatable bonds is 0. The van der Waals surface area contributed by atoms with Crippen molar-refractivity contribution in [3.05, 3.63) is 0 Å². The van der Waals surface area contributed by atoms with Crippen LogP contribution in [0.2, 0.25) is 0 Å². The minimum absolute atomic E-state index is 0.113. The van der Waals surface area contributed by atoms with Gasteiger partial charge in [0.2, 0.25) is 0 Å². The number of ether oxygens (including phenoxy) is 1. The maximum atomic E-state index is 10.3. The first-order valence-corrected chi connectivity index (χ1v) is 4.07. The number of hydrogen-bond donors (Lipinski definition) is 0. The molecule has 0 aromatic rings. The van der Waals surface area contributed by atoms with Crippen LogP contribution in [0.15, 0.2) is 0 Å². The molecule has 0 aliphatic carbocycles. The van der Waals surface area contributed by atoms with Crippen molar-refractivity contribution in [1.82, 2.24) is 0 Å². The van der Waals surface area contributed by atoms with E-state index in [2.05, 4.69) is 0 Å². The monoisotopic (exact) mass is 310 g/mol. The van der Waals surface area contributed by atoms with Crippen molar-refractivity contribution in [2.45, 2.75) is 26.4 Å². The summed E-state index contributed by atoms with van der Waals surface area (Å²) in [4.78, 5) is 10.3. The average Bonchev–Trinajstić information content (AvgIpc) is 1.21. The molecule has 0 heterocycles. The summed E-state index contributed by atoms with van der Waals surface area (Å²) in [6, 6.07) is 0. The van der Waals surface area contributed by atoms with Crippen molar-refractivity contribution >= 4 is 28.4 Å². The van der Waals surface area contributed by atoms with Crippen LogP contribution < -0.4 is 0 Å². The Morgan fingerprint density at radius 1 is 1.50 bits per heavy atom. The van der Waals surface area contributed by atoms with E-state index in [4.69, 9.17) is 4.74 Å². The van der Waals surface area contributed by atoms with Crippen molar-refractivity contribution in [2.75, 3.05) is 0 Å². The summed E-state index contributed by atoms with van der Waals surface area (Å²) in [6.45, 7) is 5.58. The van der Waals surface area contributed by atoms with Crippen molar-refractivity contribution in [2.24, 2.45) is 0 Å². The van der Waals surface area contributed by atoms with Gasteiger partial charge in [0, 0.05) is 0 Å². The molecule has 0 saturated carbocycles. The Morgan fingerprint density at radius 3 is 1.88 bits per heavy atom. The molecule has 0 fully saturated rings. The Bertz CT molecular complexity index is 93.1. The van der Waals surface area contributed by atoms with E-state index >= 15 is 0 Å². The molecule has 0 atom stereocenters. The predicted molar refractivity (Wildman–Crippen MR) is 32.0 cm³/mol. The van der Waals surface area contributed by atoms with Crippen LogP contribution in [-0.4, -0.2) is 34.0 Å². The van der Waals surface area contributed by atoms with E-state index in [9.17, 15) is 4.79 Å². The van der Waals surface area contributed by atoms with E-state index in [-0.39, 0.29) is 9.28 Å². The Morgan fingerprint density at radius 2 is 1.88 bits per heavy atom. The van der Waals surface area contributed by atoms with E-state index in [1.807, 2.05) is 20.8 Å². The van der Waals surface area contributed by atoms with Crippen molar-refractivity contribution in [3.63, 3.8) is 0 Å². The van der Waals surface area contributed by atoms with Gasteiger partial charge in [0.05, 0.1) is 0 Å². The molecule has 0 aromatic carbocycles. The summed E-state index contributed by atoms with van der Waals surface area (Å²) in [5, 5.41) is 0. The number of carbonyl (C=O) groups is 1. The molecule has 2 radical (unpaired) electrons. The summed E-state index contributed by atoms with van der Waals surface area (Å²) in [7, 11) is 0. The number of carbonyl (C=O) groups excluding carboxylic acids is 1. The van der Waals surface area contributed by atoms with Gasteiger partial charge in [-0.2, -0.15) is 0 Å². The molecular formula is C5H9BiO2. The molecule has 0 spiro atoms. The van der Waals surface area contributed by atoms with Crippen LogP contribution in [0.5, 0.6) is 0 Å². The Hall–Kier alpha value is 0.353. The summed E-state index contributed by atoms with van der Waals surface area (Å²) in [6.07, 6.45) is 0. The molecule has 0 aromatic heterocycles. The van der Waals surface area contributed by atoms with Gasteiger partial charge >= 0.3 is 64.3 Å². The zero-order valence-electron chi connectivity index (χ0n) is 5.26. The maximum absolute atomic E-state index is 10.3. The summed E-state index contributed by atoms with van der Waals surface area (Å²) < 4.78 is 4.73. The average molecular weight is 310 g/mol. The first-order valence-electron chi connectivity index (χ1n) is 2.34. The van der Waals surface area contributed by atoms with Crippen LogP contribution in [0, 0.1) is 0 Å². The quantitative estimate of drug-likeness (QED) is 0.626. The molecule has 2 nitrogen and oxygen atoms in total. The minimum atomic E-state index is -0.300. The molecule has 0 aliphatic heterocycles. The van der Waals surface area contributed by atoms with Gasteiger partial charge in [-0.3, -0.25) is 0 Å².